The smallest absolute Gasteiger partial charge is 0.208 e. The van der Waals surface area contributed by atoms with Gasteiger partial charge in [-0.15, -0.1) is 5.10 Å². The van der Waals surface area contributed by atoms with Crippen LogP contribution in [0.3, 0.4) is 0 Å². The second-order valence-electron chi connectivity index (χ2n) is 4.93. The zero-order valence-electron chi connectivity index (χ0n) is 12.3. The third kappa shape index (κ3) is 4.35. The third-order valence-electron chi connectivity index (χ3n) is 3.08. The maximum atomic E-state index is 4.34. The van der Waals surface area contributed by atoms with Crippen LogP contribution in [0.15, 0.2) is 29.4 Å². The number of nitrogens with zero attached hydrogens (tertiary/aromatic N) is 2. The molecule has 0 saturated heterocycles. The van der Waals surface area contributed by atoms with Crippen LogP contribution in [0.4, 0.5) is 0 Å². The van der Waals surface area contributed by atoms with Gasteiger partial charge in [-0.1, -0.05) is 48.5 Å². The molecule has 0 saturated carbocycles. The molecule has 1 unspecified atom stereocenters. The van der Waals surface area contributed by atoms with Gasteiger partial charge in [-0.2, -0.15) is 0 Å². The number of aromatic amines is 1. The lowest BCUT2D eigenvalue weighted by atomic mass is 10.1. The maximum Gasteiger partial charge on any atom is 0.208 e. The Kier molecular flexibility index (Phi) is 5.61. The van der Waals surface area contributed by atoms with E-state index in [0.717, 1.165) is 29.7 Å². The van der Waals surface area contributed by atoms with Crippen molar-refractivity contribution in [2.75, 3.05) is 12.3 Å². The largest absolute Gasteiger partial charge is 0.309 e. The Morgan fingerprint density at radius 1 is 1.25 bits per heavy atom. The normalized spacial score (nSPS) is 12.6. The van der Waals surface area contributed by atoms with Crippen molar-refractivity contribution in [2.24, 2.45) is 0 Å². The summed E-state index contributed by atoms with van der Waals surface area (Å²) in [6.07, 6.45) is 1.13. The molecular formula is C15H22N4S. The molecule has 1 heterocycles. The molecule has 2 N–H and O–H groups in total. The SMILES string of the molecule is CCCNC(CSc1n[nH]c(C)n1)c1ccc(C)cc1. The van der Waals surface area contributed by atoms with Crippen LogP contribution in [0.5, 0.6) is 0 Å². The monoisotopic (exact) mass is 290 g/mol. The molecule has 20 heavy (non-hydrogen) atoms. The fourth-order valence-corrected chi connectivity index (χ4v) is 2.87. The van der Waals surface area contributed by atoms with E-state index >= 15 is 0 Å². The second kappa shape index (κ2) is 7.45. The molecule has 0 aliphatic rings. The van der Waals surface area contributed by atoms with E-state index in [9.17, 15) is 0 Å². The molecule has 0 fully saturated rings. The van der Waals surface area contributed by atoms with Gasteiger partial charge < -0.3 is 5.32 Å². The molecule has 2 rings (SSSR count). The summed E-state index contributed by atoms with van der Waals surface area (Å²) in [7, 11) is 0. The lowest BCUT2D eigenvalue weighted by Gasteiger charge is -2.18. The van der Waals surface area contributed by atoms with E-state index in [2.05, 4.69) is 58.6 Å². The molecule has 4 nitrogen and oxygen atoms in total. The van der Waals surface area contributed by atoms with Gasteiger partial charge in [0, 0.05) is 11.8 Å². The fraction of sp³-hybridized carbons (Fsp3) is 0.467. The topological polar surface area (TPSA) is 53.6 Å². The zero-order valence-corrected chi connectivity index (χ0v) is 13.1. The van der Waals surface area contributed by atoms with Crippen molar-refractivity contribution < 1.29 is 0 Å². The number of nitrogens with one attached hydrogen (secondary N) is 2. The third-order valence-corrected chi connectivity index (χ3v) is 4.02. The average molecular weight is 290 g/mol. The highest BCUT2D eigenvalue weighted by Gasteiger charge is 2.12. The van der Waals surface area contributed by atoms with E-state index in [1.54, 1.807) is 11.8 Å². The number of aryl methyl sites for hydroxylation is 2. The summed E-state index contributed by atoms with van der Waals surface area (Å²) in [5.41, 5.74) is 2.61. The van der Waals surface area contributed by atoms with Crippen molar-refractivity contribution in [3.05, 3.63) is 41.2 Å². The van der Waals surface area contributed by atoms with Crippen molar-refractivity contribution in [3.63, 3.8) is 0 Å². The van der Waals surface area contributed by atoms with Gasteiger partial charge in [0.05, 0.1) is 0 Å². The molecule has 1 aromatic heterocycles. The van der Waals surface area contributed by atoms with E-state index in [-0.39, 0.29) is 0 Å². The van der Waals surface area contributed by atoms with Gasteiger partial charge in [0.15, 0.2) is 0 Å². The van der Waals surface area contributed by atoms with E-state index in [1.807, 2.05) is 6.92 Å². The van der Waals surface area contributed by atoms with Gasteiger partial charge in [0.2, 0.25) is 5.16 Å². The number of H-pyrrole nitrogens is 1. The number of hydrogen-bond donors (Lipinski definition) is 2. The number of hydrogen-bond acceptors (Lipinski definition) is 4. The van der Waals surface area contributed by atoms with Crippen LogP contribution >= 0.6 is 11.8 Å². The highest BCUT2D eigenvalue weighted by Crippen LogP contribution is 2.22. The van der Waals surface area contributed by atoms with Crippen molar-refractivity contribution >= 4 is 11.8 Å². The summed E-state index contributed by atoms with van der Waals surface area (Å²) in [4.78, 5) is 4.34. The van der Waals surface area contributed by atoms with Crippen LogP contribution in [-0.2, 0) is 0 Å². The Morgan fingerprint density at radius 3 is 2.60 bits per heavy atom. The summed E-state index contributed by atoms with van der Waals surface area (Å²) < 4.78 is 0. The molecule has 0 bridgehead atoms. The van der Waals surface area contributed by atoms with Gasteiger partial charge in [0.1, 0.15) is 5.82 Å². The second-order valence-corrected chi connectivity index (χ2v) is 5.92. The first kappa shape index (κ1) is 15.1. The van der Waals surface area contributed by atoms with Gasteiger partial charge in [-0.3, -0.25) is 5.10 Å². The number of rotatable bonds is 7. The summed E-state index contributed by atoms with van der Waals surface area (Å²) in [6.45, 7) is 7.24. The average Bonchev–Trinajstić information content (AvgIpc) is 2.86. The first-order chi connectivity index (χ1) is 9.69. The lowest BCUT2D eigenvalue weighted by molar-refractivity contribution is 0.577. The van der Waals surface area contributed by atoms with Crippen LogP contribution < -0.4 is 5.32 Å². The highest BCUT2D eigenvalue weighted by atomic mass is 32.2. The number of thioether (sulfide) groups is 1. The summed E-state index contributed by atoms with van der Waals surface area (Å²) in [5, 5.41) is 11.5. The van der Waals surface area contributed by atoms with Crippen molar-refractivity contribution in [1.29, 1.82) is 0 Å². The number of benzene rings is 1. The molecule has 1 atom stereocenters. The molecule has 1 aromatic carbocycles. The standard InChI is InChI=1S/C15H22N4S/c1-4-9-16-14(13-7-5-11(2)6-8-13)10-20-15-17-12(3)18-19-15/h5-8,14,16H,4,9-10H2,1-3H3,(H,17,18,19). The molecule has 0 spiro atoms. The van der Waals surface area contributed by atoms with Crippen LogP contribution in [0.2, 0.25) is 0 Å². The van der Waals surface area contributed by atoms with E-state index in [1.165, 1.54) is 11.1 Å². The summed E-state index contributed by atoms with van der Waals surface area (Å²) in [6, 6.07) is 9.06. The Morgan fingerprint density at radius 2 is 2.00 bits per heavy atom. The Bertz CT molecular complexity index is 521. The zero-order chi connectivity index (χ0) is 14.4. The van der Waals surface area contributed by atoms with Crippen LogP contribution in [-0.4, -0.2) is 27.5 Å². The Balaban J connectivity index is 2.01. The highest BCUT2D eigenvalue weighted by molar-refractivity contribution is 7.99. The molecule has 0 radical (unpaired) electrons. The fourth-order valence-electron chi connectivity index (χ4n) is 1.93. The molecule has 0 aliphatic carbocycles. The quantitative estimate of drug-likeness (QED) is 0.769. The molecular weight excluding hydrogens is 268 g/mol. The molecule has 0 aliphatic heterocycles. The van der Waals surface area contributed by atoms with Gasteiger partial charge >= 0.3 is 0 Å². The van der Waals surface area contributed by atoms with Crippen LogP contribution in [0.1, 0.15) is 36.3 Å². The summed E-state index contributed by atoms with van der Waals surface area (Å²) >= 11 is 1.68. The summed E-state index contributed by atoms with van der Waals surface area (Å²) in [5.74, 6) is 1.79. The lowest BCUT2D eigenvalue weighted by Crippen LogP contribution is -2.24. The van der Waals surface area contributed by atoms with Crippen molar-refractivity contribution in [1.82, 2.24) is 20.5 Å². The van der Waals surface area contributed by atoms with E-state index < -0.39 is 0 Å². The Hall–Kier alpha value is -1.33. The van der Waals surface area contributed by atoms with Crippen LogP contribution in [0.25, 0.3) is 0 Å². The maximum absolute atomic E-state index is 4.34. The van der Waals surface area contributed by atoms with E-state index in [4.69, 9.17) is 0 Å². The van der Waals surface area contributed by atoms with E-state index in [0.29, 0.717) is 6.04 Å². The van der Waals surface area contributed by atoms with Gasteiger partial charge in [-0.25, -0.2) is 4.98 Å². The predicted octanol–water partition coefficient (Wildman–Crippen LogP) is 3.25. The predicted molar refractivity (Wildman–Crippen MR) is 84.1 cm³/mol. The molecule has 2 aromatic rings. The van der Waals surface area contributed by atoms with Crippen molar-refractivity contribution in [2.45, 2.75) is 38.4 Å². The minimum absolute atomic E-state index is 0.333. The molecule has 0 amide bonds. The first-order valence-electron chi connectivity index (χ1n) is 7.00. The molecule has 108 valence electrons. The van der Waals surface area contributed by atoms with Crippen LogP contribution in [0, 0.1) is 13.8 Å². The van der Waals surface area contributed by atoms with Gasteiger partial charge in [-0.05, 0) is 32.4 Å². The minimum Gasteiger partial charge on any atom is -0.309 e. The Labute approximate surface area is 124 Å². The first-order valence-corrected chi connectivity index (χ1v) is 7.99. The molecule has 5 heteroatoms. The minimum atomic E-state index is 0.333. The van der Waals surface area contributed by atoms with Gasteiger partial charge in [0.25, 0.3) is 0 Å². The van der Waals surface area contributed by atoms with Crippen molar-refractivity contribution in [3.8, 4) is 0 Å². The number of aromatic nitrogens is 3.